The molecule has 2 amide bonds. The lowest BCUT2D eigenvalue weighted by molar-refractivity contribution is -0.116. The Labute approximate surface area is 229 Å². The van der Waals surface area contributed by atoms with Crippen molar-refractivity contribution in [2.45, 2.75) is 162 Å². The van der Waals surface area contributed by atoms with Crippen molar-refractivity contribution < 1.29 is 9.59 Å². The monoisotopic (exact) mass is 514 g/mol. The van der Waals surface area contributed by atoms with Crippen molar-refractivity contribution in [2.24, 2.45) is 0 Å². The van der Waals surface area contributed by atoms with Gasteiger partial charge in [0.2, 0.25) is 5.91 Å². The summed E-state index contributed by atoms with van der Waals surface area (Å²) in [6.45, 7) is 6.31. The van der Waals surface area contributed by atoms with Crippen LogP contribution in [-0.2, 0) is 4.79 Å². The number of hydrogen-bond acceptors (Lipinski definition) is 2. The number of benzene rings is 1. The van der Waals surface area contributed by atoms with E-state index >= 15 is 0 Å². The highest BCUT2D eigenvalue weighted by atomic mass is 16.2. The van der Waals surface area contributed by atoms with Gasteiger partial charge >= 0.3 is 0 Å². The fourth-order valence-corrected chi connectivity index (χ4v) is 4.77. The summed E-state index contributed by atoms with van der Waals surface area (Å²) in [4.78, 5) is 24.9. The highest BCUT2D eigenvalue weighted by Gasteiger charge is 2.14. The summed E-state index contributed by atoms with van der Waals surface area (Å²) in [7, 11) is 0. The van der Waals surface area contributed by atoms with E-state index in [0.717, 1.165) is 19.3 Å². The number of unbranched alkanes of at least 4 members (excludes halogenated alkanes) is 18. The van der Waals surface area contributed by atoms with Gasteiger partial charge in [-0.15, -0.1) is 0 Å². The number of rotatable bonds is 24. The van der Waals surface area contributed by atoms with Gasteiger partial charge in [0.25, 0.3) is 5.91 Å². The molecule has 0 radical (unpaired) electrons. The summed E-state index contributed by atoms with van der Waals surface area (Å²) in [5.74, 6) is -0.135. The van der Waals surface area contributed by atoms with E-state index in [4.69, 9.17) is 0 Å². The Hall–Kier alpha value is -1.84. The number of amides is 2. The van der Waals surface area contributed by atoms with Crippen molar-refractivity contribution >= 4 is 17.5 Å². The average Bonchev–Trinajstić information content (AvgIpc) is 2.90. The minimum absolute atomic E-state index is 0.00392. The maximum atomic E-state index is 12.5. The Bertz CT molecular complexity index is 703. The topological polar surface area (TPSA) is 58.2 Å². The number of hydrogen-bond donors (Lipinski definition) is 2. The molecule has 4 heteroatoms. The minimum atomic E-state index is -0.131. The molecular weight excluding hydrogens is 456 g/mol. The quantitative estimate of drug-likeness (QED) is 0.135. The van der Waals surface area contributed by atoms with Crippen LogP contribution in [0.3, 0.4) is 0 Å². The minimum Gasteiger partial charge on any atom is -0.350 e. The molecule has 1 aromatic carbocycles. The normalized spacial score (nSPS) is 11.9. The molecule has 0 bridgehead atoms. The maximum absolute atomic E-state index is 12.5. The third-order valence-corrected chi connectivity index (χ3v) is 7.44. The second-order valence-corrected chi connectivity index (χ2v) is 11.0. The standard InChI is InChI=1S/C33H58N2O2/c1-4-6-7-8-9-10-11-12-13-14-15-16-17-18-19-20-21-22-23-28-32(36)35-31-27-25-24-26-30(31)33(37)34-29(3)5-2/h24-27,29H,4-23,28H2,1-3H3,(H,34,37)(H,35,36). The molecule has 4 nitrogen and oxygen atoms in total. The van der Waals surface area contributed by atoms with Crippen LogP contribution < -0.4 is 10.6 Å². The van der Waals surface area contributed by atoms with Gasteiger partial charge in [-0.1, -0.05) is 142 Å². The van der Waals surface area contributed by atoms with Gasteiger partial charge in [-0.3, -0.25) is 9.59 Å². The van der Waals surface area contributed by atoms with Crippen molar-refractivity contribution in [2.75, 3.05) is 5.32 Å². The number of para-hydroxylation sites is 1. The number of carbonyl (C=O) groups is 2. The summed E-state index contributed by atoms with van der Waals surface area (Å²) in [5, 5.41) is 5.92. The number of carbonyl (C=O) groups excluding carboxylic acids is 2. The van der Waals surface area contributed by atoms with Crippen LogP contribution in [-0.4, -0.2) is 17.9 Å². The van der Waals surface area contributed by atoms with E-state index in [2.05, 4.69) is 17.6 Å². The van der Waals surface area contributed by atoms with Gasteiger partial charge in [-0.05, 0) is 31.9 Å². The van der Waals surface area contributed by atoms with Crippen molar-refractivity contribution in [3.05, 3.63) is 29.8 Å². The molecule has 37 heavy (non-hydrogen) atoms. The Kier molecular flexibility index (Phi) is 20.9. The maximum Gasteiger partial charge on any atom is 0.253 e. The highest BCUT2D eigenvalue weighted by molar-refractivity contribution is 6.03. The Morgan fingerprint density at radius 2 is 1.08 bits per heavy atom. The van der Waals surface area contributed by atoms with Crippen LogP contribution in [0.5, 0.6) is 0 Å². The molecule has 0 saturated carbocycles. The first-order valence-corrected chi connectivity index (χ1v) is 15.8. The molecule has 212 valence electrons. The van der Waals surface area contributed by atoms with E-state index in [-0.39, 0.29) is 17.9 Å². The first kappa shape index (κ1) is 33.2. The lowest BCUT2D eigenvalue weighted by Gasteiger charge is -2.14. The summed E-state index contributed by atoms with van der Waals surface area (Å²) < 4.78 is 0. The highest BCUT2D eigenvalue weighted by Crippen LogP contribution is 2.17. The largest absolute Gasteiger partial charge is 0.350 e. The average molecular weight is 515 g/mol. The molecule has 1 aromatic rings. The van der Waals surface area contributed by atoms with Gasteiger partial charge in [-0.25, -0.2) is 0 Å². The van der Waals surface area contributed by atoms with E-state index in [1.165, 1.54) is 109 Å². The second kappa shape index (κ2) is 23.3. The molecular formula is C33H58N2O2. The Balaban J connectivity index is 1.96. The fraction of sp³-hybridized carbons (Fsp3) is 0.758. The molecule has 0 aromatic heterocycles. The van der Waals surface area contributed by atoms with E-state index in [0.29, 0.717) is 17.7 Å². The van der Waals surface area contributed by atoms with Crippen LogP contribution in [0.15, 0.2) is 24.3 Å². The first-order valence-electron chi connectivity index (χ1n) is 15.8. The predicted molar refractivity (Wildman–Crippen MR) is 160 cm³/mol. The van der Waals surface area contributed by atoms with Crippen LogP contribution >= 0.6 is 0 Å². The van der Waals surface area contributed by atoms with Crippen molar-refractivity contribution in [3.63, 3.8) is 0 Å². The summed E-state index contributed by atoms with van der Waals surface area (Å²) in [5.41, 5.74) is 1.13. The third-order valence-electron chi connectivity index (χ3n) is 7.44. The summed E-state index contributed by atoms with van der Waals surface area (Å²) >= 11 is 0. The zero-order valence-corrected chi connectivity index (χ0v) is 24.6. The SMILES string of the molecule is CCCCCCCCCCCCCCCCCCCCCC(=O)Nc1ccccc1C(=O)NC(C)CC. The zero-order valence-electron chi connectivity index (χ0n) is 24.6. The van der Waals surface area contributed by atoms with Gasteiger partial charge in [0.1, 0.15) is 0 Å². The van der Waals surface area contributed by atoms with Crippen molar-refractivity contribution in [3.8, 4) is 0 Å². The third kappa shape index (κ3) is 18.1. The lowest BCUT2D eigenvalue weighted by Crippen LogP contribution is -2.32. The molecule has 1 unspecified atom stereocenters. The fourth-order valence-electron chi connectivity index (χ4n) is 4.77. The van der Waals surface area contributed by atoms with Gasteiger partial charge in [-0.2, -0.15) is 0 Å². The van der Waals surface area contributed by atoms with Gasteiger partial charge in [0.15, 0.2) is 0 Å². The van der Waals surface area contributed by atoms with Crippen LogP contribution in [0.1, 0.15) is 166 Å². The second-order valence-electron chi connectivity index (χ2n) is 11.0. The molecule has 0 saturated heterocycles. The molecule has 0 heterocycles. The Morgan fingerprint density at radius 1 is 0.649 bits per heavy atom. The van der Waals surface area contributed by atoms with Crippen molar-refractivity contribution in [1.29, 1.82) is 0 Å². The lowest BCUT2D eigenvalue weighted by atomic mass is 10.0. The molecule has 0 aliphatic carbocycles. The molecule has 0 fully saturated rings. The molecule has 0 aliphatic rings. The van der Waals surface area contributed by atoms with Crippen LogP contribution in [0.4, 0.5) is 5.69 Å². The van der Waals surface area contributed by atoms with Gasteiger partial charge in [0.05, 0.1) is 11.3 Å². The predicted octanol–water partition coefficient (Wildman–Crippen LogP) is 9.98. The Morgan fingerprint density at radius 3 is 1.54 bits per heavy atom. The van der Waals surface area contributed by atoms with E-state index < -0.39 is 0 Å². The molecule has 0 spiro atoms. The molecule has 2 N–H and O–H groups in total. The van der Waals surface area contributed by atoms with Gasteiger partial charge in [0, 0.05) is 12.5 Å². The number of anilines is 1. The first-order chi connectivity index (χ1) is 18.1. The van der Waals surface area contributed by atoms with Crippen LogP contribution in [0, 0.1) is 0 Å². The van der Waals surface area contributed by atoms with E-state index in [1.807, 2.05) is 26.0 Å². The number of nitrogens with one attached hydrogen (secondary N) is 2. The molecule has 0 aliphatic heterocycles. The van der Waals surface area contributed by atoms with Crippen LogP contribution in [0.25, 0.3) is 0 Å². The molecule has 1 rings (SSSR count). The zero-order chi connectivity index (χ0) is 27.0. The van der Waals surface area contributed by atoms with E-state index in [9.17, 15) is 9.59 Å². The molecule has 1 atom stereocenters. The summed E-state index contributed by atoms with van der Waals surface area (Å²) in [6, 6.07) is 7.37. The van der Waals surface area contributed by atoms with Crippen LogP contribution in [0.2, 0.25) is 0 Å². The van der Waals surface area contributed by atoms with Crippen molar-refractivity contribution in [1.82, 2.24) is 5.32 Å². The van der Waals surface area contributed by atoms with E-state index in [1.54, 1.807) is 12.1 Å². The smallest absolute Gasteiger partial charge is 0.253 e. The van der Waals surface area contributed by atoms with Gasteiger partial charge < -0.3 is 10.6 Å². The summed E-state index contributed by atoms with van der Waals surface area (Å²) in [6.07, 6.45) is 27.0.